The standard InChI is InChI=1S/C10H14N4O/c1-3-8-7-9(14(2)13-8)10(15)12-6-4-5-11/h7H,3-4,6H2,1-2H3,(H,12,15). The average Bonchev–Trinajstić information content (AvgIpc) is 2.60. The number of hydrogen-bond acceptors (Lipinski definition) is 3. The van der Waals surface area contributed by atoms with Crippen molar-refractivity contribution in [1.82, 2.24) is 15.1 Å². The monoisotopic (exact) mass is 206 g/mol. The minimum Gasteiger partial charge on any atom is -0.350 e. The van der Waals surface area contributed by atoms with Gasteiger partial charge in [0.2, 0.25) is 0 Å². The van der Waals surface area contributed by atoms with Gasteiger partial charge in [0.15, 0.2) is 0 Å². The van der Waals surface area contributed by atoms with Crippen molar-refractivity contribution in [3.63, 3.8) is 0 Å². The first kappa shape index (κ1) is 11.2. The highest BCUT2D eigenvalue weighted by Crippen LogP contribution is 2.03. The lowest BCUT2D eigenvalue weighted by molar-refractivity contribution is 0.0945. The first-order valence-corrected chi connectivity index (χ1v) is 4.87. The van der Waals surface area contributed by atoms with E-state index in [1.54, 1.807) is 17.8 Å². The maximum absolute atomic E-state index is 11.6. The zero-order valence-electron chi connectivity index (χ0n) is 8.95. The van der Waals surface area contributed by atoms with Crippen LogP contribution in [-0.2, 0) is 13.5 Å². The molecule has 0 bridgehead atoms. The Kier molecular flexibility index (Phi) is 3.86. The van der Waals surface area contributed by atoms with E-state index in [4.69, 9.17) is 5.26 Å². The smallest absolute Gasteiger partial charge is 0.269 e. The van der Waals surface area contributed by atoms with E-state index >= 15 is 0 Å². The van der Waals surface area contributed by atoms with Gasteiger partial charge in [-0.1, -0.05) is 6.92 Å². The van der Waals surface area contributed by atoms with Gasteiger partial charge in [-0.3, -0.25) is 9.48 Å². The van der Waals surface area contributed by atoms with E-state index in [1.165, 1.54) is 0 Å². The van der Waals surface area contributed by atoms with Crippen molar-refractivity contribution in [2.24, 2.45) is 7.05 Å². The second-order valence-electron chi connectivity index (χ2n) is 3.16. The van der Waals surface area contributed by atoms with E-state index in [-0.39, 0.29) is 5.91 Å². The Balaban J connectivity index is 2.65. The van der Waals surface area contributed by atoms with Gasteiger partial charge in [-0.2, -0.15) is 10.4 Å². The van der Waals surface area contributed by atoms with E-state index in [0.29, 0.717) is 18.7 Å². The van der Waals surface area contributed by atoms with Crippen molar-refractivity contribution in [2.75, 3.05) is 6.54 Å². The predicted octanol–water partition coefficient (Wildman–Crippen LogP) is 0.626. The lowest BCUT2D eigenvalue weighted by Gasteiger charge is -2.01. The maximum Gasteiger partial charge on any atom is 0.269 e. The Hall–Kier alpha value is -1.83. The highest BCUT2D eigenvalue weighted by Gasteiger charge is 2.11. The number of aryl methyl sites for hydroxylation is 2. The van der Waals surface area contributed by atoms with E-state index < -0.39 is 0 Å². The molecule has 1 amide bonds. The fourth-order valence-electron chi connectivity index (χ4n) is 1.23. The molecule has 0 aliphatic carbocycles. The van der Waals surface area contributed by atoms with Crippen LogP contribution in [0.5, 0.6) is 0 Å². The number of nitrogens with one attached hydrogen (secondary N) is 1. The van der Waals surface area contributed by atoms with Crippen molar-refractivity contribution in [2.45, 2.75) is 19.8 Å². The summed E-state index contributed by atoms with van der Waals surface area (Å²) in [5, 5.41) is 15.2. The molecule has 1 N–H and O–H groups in total. The van der Waals surface area contributed by atoms with Gasteiger partial charge in [-0.25, -0.2) is 0 Å². The highest BCUT2D eigenvalue weighted by molar-refractivity contribution is 5.92. The maximum atomic E-state index is 11.6. The molecule has 0 aliphatic rings. The molecule has 1 aromatic rings. The molecule has 80 valence electrons. The average molecular weight is 206 g/mol. The van der Waals surface area contributed by atoms with Crippen LogP contribution in [0.2, 0.25) is 0 Å². The summed E-state index contributed by atoms with van der Waals surface area (Å²) < 4.78 is 1.56. The lowest BCUT2D eigenvalue weighted by atomic mass is 10.3. The van der Waals surface area contributed by atoms with Crippen LogP contribution in [0, 0.1) is 11.3 Å². The number of hydrogen-bond donors (Lipinski definition) is 1. The van der Waals surface area contributed by atoms with E-state index in [2.05, 4.69) is 10.4 Å². The van der Waals surface area contributed by atoms with Gasteiger partial charge in [-0.15, -0.1) is 0 Å². The molecule has 1 rings (SSSR count). The fraction of sp³-hybridized carbons (Fsp3) is 0.500. The van der Waals surface area contributed by atoms with Gasteiger partial charge in [0, 0.05) is 13.6 Å². The first-order chi connectivity index (χ1) is 7.19. The van der Waals surface area contributed by atoms with Crippen molar-refractivity contribution in [3.8, 4) is 6.07 Å². The normalized spacial score (nSPS) is 9.67. The Bertz CT molecular complexity index is 389. The second-order valence-corrected chi connectivity index (χ2v) is 3.16. The molecule has 1 heterocycles. The molecule has 0 unspecified atom stereocenters. The van der Waals surface area contributed by atoms with Crippen LogP contribution in [0.25, 0.3) is 0 Å². The summed E-state index contributed by atoms with van der Waals surface area (Å²) in [7, 11) is 1.73. The molecular formula is C10H14N4O. The molecule has 1 aromatic heterocycles. The number of rotatable bonds is 4. The van der Waals surface area contributed by atoms with Gasteiger partial charge < -0.3 is 5.32 Å². The van der Waals surface area contributed by atoms with Gasteiger partial charge in [0.1, 0.15) is 5.69 Å². The number of amides is 1. The molecule has 5 heteroatoms. The second kappa shape index (κ2) is 5.15. The highest BCUT2D eigenvalue weighted by atomic mass is 16.2. The Morgan fingerprint density at radius 2 is 2.47 bits per heavy atom. The summed E-state index contributed by atoms with van der Waals surface area (Å²) in [6.07, 6.45) is 1.13. The summed E-state index contributed by atoms with van der Waals surface area (Å²) in [6.45, 7) is 2.36. The molecule has 0 saturated heterocycles. The number of nitriles is 1. The number of nitrogens with zero attached hydrogens (tertiary/aromatic N) is 3. The molecule has 0 spiro atoms. The summed E-state index contributed by atoms with van der Waals surface area (Å²) in [5.74, 6) is -0.181. The topological polar surface area (TPSA) is 70.7 Å². The minimum absolute atomic E-state index is 0.181. The van der Waals surface area contributed by atoms with Crippen LogP contribution in [-0.4, -0.2) is 22.2 Å². The van der Waals surface area contributed by atoms with Gasteiger partial charge in [-0.05, 0) is 12.5 Å². The Labute approximate surface area is 88.7 Å². The Morgan fingerprint density at radius 3 is 3.00 bits per heavy atom. The summed E-state index contributed by atoms with van der Waals surface area (Å²) in [5.41, 5.74) is 1.42. The quantitative estimate of drug-likeness (QED) is 0.734. The SMILES string of the molecule is CCc1cc(C(=O)NCCC#N)n(C)n1. The zero-order valence-corrected chi connectivity index (χ0v) is 8.95. The molecule has 0 radical (unpaired) electrons. The largest absolute Gasteiger partial charge is 0.350 e. The summed E-state index contributed by atoms with van der Waals surface area (Å²) in [6, 6.07) is 3.73. The van der Waals surface area contributed by atoms with Crippen LogP contribution in [0.4, 0.5) is 0 Å². The molecule has 0 fully saturated rings. The van der Waals surface area contributed by atoms with Crippen molar-refractivity contribution in [1.29, 1.82) is 5.26 Å². The van der Waals surface area contributed by atoms with Crippen molar-refractivity contribution < 1.29 is 4.79 Å². The van der Waals surface area contributed by atoms with Crippen molar-refractivity contribution in [3.05, 3.63) is 17.5 Å². The molecular weight excluding hydrogens is 192 g/mol. The predicted molar refractivity (Wildman–Crippen MR) is 55.1 cm³/mol. The van der Waals surface area contributed by atoms with Gasteiger partial charge in [0.05, 0.1) is 18.2 Å². The summed E-state index contributed by atoms with van der Waals surface area (Å²) in [4.78, 5) is 11.6. The van der Waals surface area contributed by atoms with Gasteiger partial charge in [0.25, 0.3) is 5.91 Å². The van der Waals surface area contributed by atoms with Crippen LogP contribution in [0.1, 0.15) is 29.5 Å². The molecule has 0 saturated carbocycles. The third-order valence-corrected chi connectivity index (χ3v) is 2.05. The molecule has 0 aliphatic heterocycles. The number of carbonyl (C=O) groups is 1. The molecule has 15 heavy (non-hydrogen) atoms. The number of aromatic nitrogens is 2. The first-order valence-electron chi connectivity index (χ1n) is 4.87. The molecule has 0 atom stereocenters. The third kappa shape index (κ3) is 2.81. The third-order valence-electron chi connectivity index (χ3n) is 2.05. The van der Waals surface area contributed by atoms with E-state index in [1.807, 2.05) is 13.0 Å². The fourth-order valence-corrected chi connectivity index (χ4v) is 1.23. The summed E-state index contributed by atoms with van der Waals surface area (Å²) >= 11 is 0. The minimum atomic E-state index is -0.181. The van der Waals surface area contributed by atoms with Crippen LogP contribution in [0.15, 0.2) is 6.07 Å². The Morgan fingerprint density at radius 1 is 1.73 bits per heavy atom. The molecule has 0 aromatic carbocycles. The zero-order chi connectivity index (χ0) is 11.3. The number of carbonyl (C=O) groups excluding carboxylic acids is 1. The van der Waals surface area contributed by atoms with Gasteiger partial charge >= 0.3 is 0 Å². The van der Waals surface area contributed by atoms with Crippen LogP contribution in [0.3, 0.4) is 0 Å². The van der Waals surface area contributed by atoms with E-state index in [0.717, 1.165) is 12.1 Å². The van der Waals surface area contributed by atoms with Crippen LogP contribution >= 0.6 is 0 Å². The van der Waals surface area contributed by atoms with Crippen molar-refractivity contribution >= 4 is 5.91 Å². The van der Waals surface area contributed by atoms with E-state index in [9.17, 15) is 4.79 Å². The molecule has 5 nitrogen and oxygen atoms in total. The van der Waals surface area contributed by atoms with Crippen LogP contribution < -0.4 is 5.32 Å². The lowest BCUT2D eigenvalue weighted by Crippen LogP contribution is -2.26.